The molecule has 0 saturated carbocycles. The van der Waals surface area contributed by atoms with Gasteiger partial charge in [-0.1, -0.05) is 35.3 Å². The minimum Gasteiger partial charge on any atom is -0.480 e. The van der Waals surface area contributed by atoms with Crippen molar-refractivity contribution in [2.24, 2.45) is 0 Å². The summed E-state index contributed by atoms with van der Waals surface area (Å²) in [6, 6.07) is 14.6. The summed E-state index contributed by atoms with van der Waals surface area (Å²) in [4.78, 5) is 51.0. The fourth-order valence-corrected chi connectivity index (χ4v) is 4.63. The molecule has 0 bridgehead atoms. The van der Waals surface area contributed by atoms with Crippen molar-refractivity contribution in [3.8, 4) is 17.1 Å². The molecule has 1 aliphatic rings. The second-order valence-corrected chi connectivity index (χ2v) is 9.63. The molecular formula is C26H23Cl2N7O5. The van der Waals surface area contributed by atoms with Crippen LogP contribution in [0.25, 0.3) is 28.2 Å². The van der Waals surface area contributed by atoms with Crippen LogP contribution in [0.1, 0.15) is 0 Å². The predicted octanol–water partition coefficient (Wildman–Crippen LogP) is 2.31. The number of carbonyl (C=O) groups is 3. The molecule has 2 aromatic carbocycles. The number of carboxylic acids is 1. The van der Waals surface area contributed by atoms with E-state index in [1.807, 2.05) is 39.8 Å². The van der Waals surface area contributed by atoms with Gasteiger partial charge in [0.1, 0.15) is 18.7 Å². The van der Waals surface area contributed by atoms with Crippen molar-refractivity contribution in [1.29, 1.82) is 0 Å². The van der Waals surface area contributed by atoms with Crippen molar-refractivity contribution < 1.29 is 24.2 Å². The Morgan fingerprint density at radius 3 is 2.55 bits per heavy atom. The largest absolute Gasteiger partial charge is 0.480 e. The van der Waals surface area contributed by atoms with Gasteiger partial charge in [0.05, 0.1) is 24.7 Å². The zero-order chi connectivity index (χ0) is 28.2. The van der Waals surface area contributed by atoms with Crippen LogP contribution in [-0.2, 0) is 19.1 Å². The monoisotopic (exact) mass is 583 g/mol. The maximum atomic E-state index is 12.7. The highest BCUT2D eigenvalue weighted by Crippen LogP contribution is 2.35. The van der Waals surface area contributed by atoms with Gasteiger partial charge in [0.2, 0.25) is 5.91 Å². The minimum atomic E-state index is -1.18. The lowest BCUT2D eigenvalue weighted by molar-refractivity contribution is -0.138. The van der Waals surface area contributed by atoms with Crippen LogP contribution in [0.2, 0.25) is 10.0 Å². The van der Waals surface area contributed by atoms with Crippen molar-refractivity contribution in [3.05, 3.63) is 64.9 Å². The maximum absolute atomic E-state index is 12.7. The van der Waals surface area contributed by atoms with Crippen LogP contribution in [0.4, 0.5) is 5.82 Å². The first-order valence-electron chi connectivity index (χ1n) is 12.2. The third-order valence-corrected chi connectivity index (χ3v) is 6.72. The number of benzene rings is 2. The van der Waals surface area contributed by atoms with E-state index in [4.69, 9.17) is 38.0 Å². The molecule has 3 heterocycles. The number of hydrogen-bond acceptors (Lipinski definition) is 8. The van der Waals surface area contributed by atoms with E-state index in [1.165, 1.54) is 6.33 Å². The molecule has 1 unspecified atom stereocenters. The zero-order valence-corrected chi connectivity index (χ0v) is 22.4. The molecular weight excluding hydrogens is 561 g/mol. The molecule has 2 amide bonds. The number of carbonyl (C=O) groups excluding carboxylic acids is 2. The Morgan fingerprint density at radius 1 is 1.02 bits per heavy atom. The summed E-state index contributed by atoms with van der Waals surface area (Å²) in [6.07, 6.45) is 0.534. The highest BCUT2D eigenvalue weighted by atomic mass is 35.5. The van der Waals surface area contributed by atoms with Gasteiger partial charge in [-0.25, -0.2) is 15.0 Å². The summed E-state index contributed by atoms with van der Waals surface area (Å²) in [5, 5.41) is 14.4. The lowest BCUT2D eigenvalue weighted by atomic mass is 10.2. The number of hydrogen-bond donors (Lipinski definition) is 3. The van der Waals surface area contributed by atoms with E-state index in [0.29, 0.717) is 45.0 Å². The number of nitrogens with one attached hydrogen (secondary N) is 2. The van der Waals surface area contributed by atoms with Gasteiger partial charge in [0, 0.05) is 22.8 Å². The second kappa shape index (κ2) is 11.9. The molecule has 40 heavy (non-hydrogen) atoms. The van der Waals surface area contributed by atoms with Crippen molar-refractivity contribution in [3.63, 3.8) is 0 Å². The molecule has 14 heteroatoms. The van der Waals surface area contributed by atoms with E-state index >= 15 is 0 Å². The van der Waals surface area contributed by atoms with Crippen LogP contribution in [-0.4, -0.2) is 81.3 Å². The number of imidazole rings is 1. The van der Waals surface area contributed by atoms with Gasteiger partial charge in [-0.05, 0) is 36.4 Å². The number of ether oxygens (including phenoxy) is 1. The SMILES string of the molecule is O=C(O)CNC(=O)CNC(=O)C1CN(c2ncnc3c2nc(-c2ccccc2Cl)n3-c2ccc(Cl)cc2)CCO1. The molecule has 1 fully saturated rings. The van der Waals surface area contributed by atoms with Gasteiger partial charge < -0.3 is 25.4 Å². The standard InChI is InChI=1S/C26H23Cl2N7O5/c27-15-5-7-16(8-6-15)35-23(17-3-1-2-4-18(17)28)33-22-24(31-14-32-25(22)35)34-9-10-40-19(13-34)26(39)30-11-20(36)29-12-21(37)38/h1-8,14,19H,9-13H2,(H,29,36)(H,30,39)(H,37,38). The van der Waals surface area contributed by atoms with Crippen LogP contribution in [0.15, 0.2) is 54.9 Å². The lowest BCUT2D eigenvalue weighted by Crippen LogP contribution is -2.51. The third kappa shape index (κ3) is 5.83. The number of aromatic nitrogens is 4. The number of nitrogens with zero attached hydrogens (tertiary/aromatic N) is 5. The number of halogens is 2. The Balaban J connectivity index is 1.46. The number of carboxylic acid groups (broad SMARTS) is 1. The molecule has 1 atom stereocenters. The zero-order valence-electron chi connectivity index (χ0n) is 20.9. The number of anilines is 1. The van der Waals surface area contributed by atoms with Crippen molar-refractivity contribution in [2.75, 3.05) is 37.7 Å². The van der Waals surface area contributed by atoms with Gasteiger partial charge >= 0.3 is 5.97 Å². The van der Waals surface area contributed by atoms with Crippen molar-refractivity contribution in [2.45, 2.75) is 6.10 Å². The van der Waals surface area contributed by atoms with Crippen molar-refractivity contribution >= 4 is 58.0 Å². The van der Waals surface area contributed by atoms with Crippen molar-refractivity contribution in [1.82, 2.24) is 30.2 Å². The molecule has 0 aliphatic carbocycles. The van der Waals surface area contributed by atoms with Gasteiger partial charge in [-0.2, -0.15) is 0 Å². The molecule has 3 N–H and O–H groups in total. The summed E-state index contributed by atoms with van der Waals surface area (Å²) in [7, 11) is 0. The second-order valence-electron chi connectivity index (χ2n) is 8.79. The fraction of sp³-hybridized carbons (Fsp3) is 0.231. The average molecular weight is 584 g/mol. The molecule has 2 aromatic heterocycles. The van der Waals surface area contributed by atoms with E-state index < -0.39 is 30.4 Å². The number of rotatable bonds is 8. The summed E-state index contributed by atoms with van der Waals surface area (Å²) in [5.74, 6) is -1.26. The Morgan fingerprint density at radius 2 is 1.80 bits per heavy atom. The van der Waals surface area contributed by atoms with Crippen LogP contribution < -0.4 is 15.5 Å². The van der Waals surface area contributed by atoms with E-state index in [2.05, 4.69) is 20.6 Å². The highest BCUT2D eigenvalue weighted by molar-refractivity contribution is 6.33. The van der Waals surface area contributed by atoms with E-state index in [-0.39, 0.29) is 19.7 Å². The first-order valence-corrected chi connectivity index (χ1v) is 12.9. The van der Waals surface area contributed by atoms with E-state index in [0.717, 1.165) is 5.69 Å². The highest BCUT2D eigenvalue weighted by Gasteiger charge is 2.30. The number of amides is 2. The van der Waals surface area contributed by atoms with Crippen LogP contribution in [0.5, 0.6) is 0 Å². The quantitative estimate of drug-likeness (QED) is 0.283. The van der Waals surface area contributed by atoms with Crippen LogP contribution in [0.3, 0.4) is 0 Å². The number of aliphatic carboxylic acids is 1. The molecule has 1 saturated heterocycles. The molecule has 4 aromatic rings. The minimum absolute atomic E-state index is 0.143. The molecule has 0 spiro atoms. The molecule has 0 radical (unpaired) electrons. The molecule has 5 rings (SSSR count). The fourth-order valence-electron chi connectivity index (χ4n) is 4.29. The first kappa shape index (κ1) is 27.3. The first-order chi connectivity index (χ1) is 19.3. The van der Waals surface area contributed by atoms with Gasteiger partial charge in [-0.15, -0.1) is 0 Å². The van der Waals surface area contributed by atoms with E-state index in [9.17, 15) is 14.4 Å². The molecule has 12 nitrogen and oxygen atoms in total. The Hall–Kier alpha value is -4.26. The number of fused-ring (bicyclic) bond motifs is 1. The normalized spacial score (nSPS) is 15.2. The predicted molar refractivity (Wildman–Crippen MR) is 148 cm³/mol. The maximum Gasteiger partial charge on any atom is 0.322 e. The van der Waals surface area contributed by atoms with Crippen LogP contribution >= 0.6 is 23.2 Å². The summed E-state index contributed by atoms with van der Waals surface area (Å²) >= 11 is 12.7. The van der Waals surface area contributed by atoms with E-state index in [1.54, 1.807) is 18.2 Å². The Bertz CT molecular complexity index is 1580. The topological polar surface area (TPSA) is 152 Å². The smallest absolute Gasteiger partial charge is 0.322 e. The summed E-state index contributed by atoms with van der Waals surface area (Å²) < 4.78 is 7.52. The third-order valence-electron chi connectivity index (χ3n) is 6.14. The molecule has 206 valence electrons. The summed E-state index contributed by atoms with van der Waals surface area (Å²) in [5.41, 5.74) is 2.50. The number of morpholine rings is 1. The lowest BCUT2D eigenvalue weighted by Gasteiger charge is -2.32. The van der Waals surface area contributed by atoms with Crippen LogP contribution in [0, 0.1) is 0 Å². The van der Waals surface area contributed by atoms with Gasteiger partial charge in [0.15, 0.2) is 23.1 Å². The van der Waals surface area contributed by atoms with Gasteiger partial charge in [0.25, 0.3) is 5.91 Å². The Kier molecular flexibility index (Phi) is 8.10. The molecule has 1 aliphatic heterocycles. The Labute approximate surface area is 237 Å². The summed E-state index contributed by atoms with van der Waals surface area (Å²) in [6.45, 7) is -0.112. The average Bonchev–Trinajstić information content (AvgIpc) is 3.35. The van der Waals surface area contributed by atoms with Gasteiger partial charge in [-0.3, -0.25) is 19.0 Å².